The van der Waals surface area contributed by atoms with Gasteiger partial charge in [0, 0.05) is 62.3 Å². The van der Waals surface area contributed by atoms with Gasteiger partial charge in [0.1, 0.15) is 0 Å². The van der Waals surface area contributed by atoms with Crippen LogP contribution in [-0.4, -0.2) is 39.8 Å². The van der Waals surface area contributed by atoms with Gasteiger partial charge in [-0.2, -0.15) is 0 Å². The van der Waals surface area contributed by atoms with Gasteiger partial charge in [-0.1, -0.05) is 17.7 Å². The molecule has 0 unspecified atom stereocenters. The summed E-state index contributed by atoms with van der Waals surface area (Å²) in [5.74, 6) is 1.80. The van der Waals surface area contributed by atoms with E-state index in [0.29, 0.717) is 22.7 Å². The predicted octanol–water partition coefficient (Wildman–Crippen LogP) is 4.82. The number of halogens is 1. The molecule has 0 atom stereocenters. The number of amides is 1. The number of hydrogen-bond donors (Lipinski definition) is 0. The Morgan fingerprint density at radius 2 is 2.06 bits per heavy atom. The summed E-state index contributed by atoms with van der Waals surface area (Å²) in [5, 5.41) is 8.67. The molecule has 1 amide bonds. The largest absolute Gasteiger partial charge is 0.426 e. The normalized spacial score (nSPS) is 17.3. The zero-order chi connectivity index (χ0) is 21.8. The van der Waals surface area contributed by atoms with Crippen LogP contribution in [0.2, 0.25) is 5.02 Å². The molecular formula is C24H27ClN4O2. The van der Waals surface area contributed by atoms with E-state index in [4.69, 9.17) is 16.0 Å². The van der Waals surface area contributed by atoms with E-state index in [9.17, 15) is 4.79 Å². The number of aliphatic imine (C=N–C) groups is 1. The second-order valence-corrected chi connectivity index (χ2v) is 8.82. The van der Waals surface area contributed by atoms with Crippen LogP contribution in [0.1, 0.15) is 49.1 Å². The molecule has 2 aromatic rings. The van der Waals surface area contributed by atoms with Gasteiger partial charge in [-0.15, -0.1) is 10.2 Å². The summed E-state index contributed by atoms with van der Waals surface area (Å²) in [7, 11) is 0. The van der Waals surface area contributed by atoms with E-state index in [2.05, 4.69) is 22.1 Å². The number of aromatic nitrogens is 2. The van der Waals surface area contributed by atoms with Crippen molar-refractivity contribution < 1.29 is 9.21 Å². The zero-order valence-corrected chi connectivity index (χ0v) is 18.7. The lowest BCUT2D eigenvalue weighted by molar-refractivity contribution is -0.127. The topological polar surface area (TPSA) is 71.6 Å². The van der Waals surface area contributed by atoms with Gasteiger partial charge in [-0.25, -0.2) is 0 Å². The molecule has 7 heteroatoms. The molecule has 2 aliphatic rings. The van der Waals surface area contributed by atoms with Crippen LogP contribution in [-0.2, 0) is 17.6 Å². The molecular weight excluding hydrogens is 412 g/mol. The Morgan fingerprint density at radius 3 is 2.74 bits per heavy atom. The van der Waals surface area contributed by atoms with Gasteiger partial charge in [-0.05, 0) is 60.6 Å². The van der Waals surface area contributed by atoms with Crippen molar-refractivity contribution in [2.45, 2.75) is 46.0 Å². The Bertz CT molecular complexity index is 1050. The zero-order valence-electron chi connectivity index (χ0n) is 18.0. The van der Waals surface area contributed by atoms with Crippen molar-refractivity contribution in [3.8, 4) is 0 Å². The van der Waals surface area contributed by atoms with Crippen LogP contribution in [0.5, 0.6) is 0 Å². The number of piperidine rings is 1. The molecule has 162 valence electrons. The molecule has 4 rings (SSSR count). The van der Waals surface area contributed by atoms with Crippen LogP contribution in [0.25, 0.3) is 6.08 Å². The van der Waals surface area contributed by atoms with Crippen LogP contribution in [0, 0.1) is 12.8 Å². The summed E-state index contributed by atoms with van der Waals surface area (Å²) in [4.78, 5) is 19.1. The minimum atomic E-state index is 0.0451. The van der Waals surface area contributed by atoms with Crippen molar-refractivity contribution in [1.82, 2.24) is 15.1 Å². The summed E-state index contributed by atoms with van der Waals surface area (Å²) in [5.41, 5.74) is 4.49. The van der Waals surface area contributed by atoms with Gasteiger partial charge in [0.15, 0.2) is 0 Å². The highest BCUT2D eigenvalue weighted by molar-refractivity contribution is 6.30. The smallest absolute Gasteiger partial charge is 0.246 e. The van der Waals surface area contributed by atoms with E-state index >= 15 is 0 Å². The maximum absolute atomic E-state index is 12.7. The molecule has 3 heterocycles. The van der Waals surface area contributed by atoms with Crippen LogP contribution in [0.4, 0.5) is 0 Å². The number of likely N-dealkylation sites (tertiary alicyclic amines) is 1. The second kappa shape index (κ2) is 9.60. The lowest BCUT2D eigenvalue weighted by Gasteiger charge is -2.30. The highest BCUT2D eigenvalue weighted by Crippen LogP contribution is 2.23. The molecule has 31 heavy (non-hydrogen) atoms. The third-order valence-electron chi connectivity index (χ3n) is 5.81. The van der Waals surface area contributed by atoms with Crippen LogP contribution in [0.15, 0.2) is 45.5 Å². The molecule has 1 aromatic carbocycles. The third kappa shape index (κ3) is 5.70. The summed E-state index contributed by atoms with van der Waals surface area (Å²) in [6.45, 7) is 5.38. The molecule has 0 radical (unpaired) electrons. The van der Waals surface area contributed by atoms with Crippen molar-refractivity contribution in [2.75, 3.05) is 13.1 Å². The molecule has 0 saturated carbocycles. The minimum Gasteiger partial charge on any atom is -0.426 e. The predicted molar refractivity (Wildman–Crippen MR) is 122 cm³/mol. The first-order valence-electron chi connectivity index (χ1n) is 10.7. The molecule has 0 aliphatic carbocycles. The van der Waals surface area contributed by atoms with E-state index in [1.807, 2.05) is 35.4 Å². The maximum Gasteiger partial charge on any atom is 0.246 e. The number of hydrogen-bond acceptors (Lipinski definition) is 5. The molecule has 0 bridgehead atoms. The summed E-state index contributed by atoms with van der Waals surface area (Å²) >= 11 is 6.22. The fourth-order valence-corrected chi connectivity index (χ4v) is 4.32. The van der Waals surface area contributed by atoms with Crippen molar-refractivity contribution in [3.63, 3.8) is 0 Å². The lowest BCUT2D eigenvalue weighted by Crippen LogP contribution is -2.38. The number of aryl methyl sites for hydroxylation is 1. The molecule has 0 N–H and O–H groups in total. The number of rotatable bonds is 6. The van der Waals surface area contributed by atoms with Gasteiger partial charge in [0.05, 0.1) is 0 Å². The Labute approximate surface area is 187 Å². The minimum absolute atomic E-state index is 0.0451. The SMILES string of the molecule is CC1=CN=C(Cc2cc(Cl)ccc2/C=C/C(=O)N2CCC(Cc3nnc(C)o3)CC2)C1. The van der Waals surface area contributed by atoms with E-state index in [1.54, 1.807) is 13.0 Å². The first-order chi connectivity index (χ1) is 15.0. The molecule has 1 aromatic heterocycles. The number of carbonyl (C=O) groups excluding carboxylic acids is 1. The van der Waals surface area contributed by atoms with Crippen LogP contribution < -0.4 is 0 Å². The Kier molecular flexibility index (Phi) is 6.66. The highest BCUT2D eigenvalue weighted by atomic mass is 35.5. The molecule has 0 spiro atoms. The molecule has 1 fully saturated rings. The number of nitrogens with zero attached hydrogens (tertiary/aromatic N) is 4. The van der Waals surface area contributed by atoms with Crippen LogP contribution >= 0.6 is 11.6 Å². The number of benzene rings is 1. The van der Waals surface area contributed by atoms with Gasteiger partial charge >= 0.3 is 0 Å². The molecule has 6 nitrogen and oxygen atoms in total. The van der Waals surface area contributed by atoms with E-state index in [0.717, 1.165) is 62.0 Å². The average Bonchev–Trinajstić information content (AvgIpc) is 3.35. The Balaban J connectivity index is 1.34. The van der Waals surface area contributed by atoms with Crippen LogP contribution in [0.3, 0.4) is 0 Å². The van der Waals surface area contributed by atoms with Crippen molar-refractivity contribution >= 4 is 29.3 Å². The van der Waals surface area contributed by atoms with E-state index in [-0.39, 0.29) is 5.91 Å². The average molecular weight is 439 g/mol. The lowest BCUT2D eigenvalue weighted by atomic mass is 9.93. The number of allylic oxidation sites excluding steroid dienone is 1. The number of carbonyl (C=O) groups is 1. The van der Waals surface area contributed by atoms with Crippen molar-refractivity contribution in [2.24, 2.45) is 10.9 Å². The fraction of sp³-hybridized carbons (Fsp3) is 0.417. The van der Waals surface area contributed by atoms with Gasteiger partial charge < -0.3 is 9.32 Å². The molecule has 2 aliphatic heterocycles. The highest BCUT2D eigenvalue weighted by Gasteiger charge is 2.23. The fourth-order valence-electron chi connectivity index (χ4n) is 4.12. The molecule has 1 saturated heterocycles. The second-order valence-electron chi connectivity index (χ2n) is 8.39. The quantitative estimate of drug-likeness (QED) is 0.606. The summed E-state index contributed by atoms with van der Waals surface area (Å²) in [6.07, 6.45) is 9.80. The first kappa shape index (κ1) is 21.5. The van der Waals surface area contributed by atoms with Gasteiger partial charge in [0.2, 0.25) is 17.7 Å². The maximum atomic E-state index is 12.7. The van der Waals surface area contributed by atoms with Crippen molar-refractivity contribution in [1.29, 1.82) is 0 Å². The van der Waals surface area contributed by atoms with Gasteiger partial charge in [0.25, 0.3) is 0 Å². The monoisotopic (exact) mass is 438 g/mol. The van der Waals surface area contributed by atoms with Gasteiger partial charge in [-0.3, -0.25) is 9.79 Å². The Hall–Kier alpha value is -2.73. The van der Waals surface area contributed by atoms with Crippen molar-refractivity contribution in [3.05, 3.63) is 64.0 Å². The summed E-state index contributed by atoms with van der Waals surface area (Å²) in [6, 6.07) is 5.79. The third-order valence-corrected chi connectivity index (χ3v) is 6.05. The van der Waals surface area contributed by atoms with E-state index < -0.39 is 0 Å². The van der Waals surface area contributed by atoms with E-state index in [1.165, 1.54) is 5.57 Å². The summed E-state index contributed by atoms with van der Waals surface area (Å²) < 4.78 is 5.49. The Morgan fingerprint density at radius 1 is 1.26 bits per heavy atom. The first-order valence-corrected chi connectivity index (χ1v) is 11.1. The standard InChI is InChI=1S/C24H27ClN4O2/c1-16-11-22(26-15-16)14-20-13-21(25)5-3-19(20)4-6-24(30)29-9-7-18(8-10-29)12-23-28-27-17(2)31-23/h3-6,13,15,18H,7-12,14H2,1-2H3/b6-4+.